The number of nitriles is 1. The minimum Gasteiger partial charge on any atom is -0.457 e. The summed E-state index contributed by atoms with van der Waals surface area (Å²) in [7, 11) is 0. The first-order chi connectivity index (χ1) is 12.0. The van der Waals surface area contributed by atoms with E-state index in [9.17, 15) is 5.26 Å². The van der Waals surface area contributed by atoms with Crippen LogP contribution in [-0.4, -0.2) is 0 Å². The molecule has 0 amide bonds. The third-order valence-electron chi connectivity index (χ3n) is 3.48. The molecule has 0 saturated carbocycles. The van der Waals surface area contributed by atoms with Gasteiger partial charge in [0.15, 0.2) is 0 Å². The van der Waals surface area contributed by atoms with Gasteiger partial charge in [0.05, 0.1) is 31.7 Å². The Balaban J connectivity index is 1.98. The second-order valence-electron chi connectivity index (χ2n) is 5.10. The lowest BCUT2D eigenvalue weighted by Crippen LogP contribution is -1.82. The summed E-state index contributed by atoms with van der Waals surface area (Å²) in [6.45, 7) is 0. The van der Waals surface area contributed by atoms with Crippen molar-refractivity contribution in [1.29, 1.82) is 5.26 Å². The number of hydrogen-bond donors (Lipinski definition) is 0. The van der Waals surface area contributed by atoms with Crippen LogP contribution in [0.5, 0.6) is 0 Å². The van der Waals surface area contributed by atoms with E-state index in [2.05, 4.69) is 6.07 Å². The predicted octanol–water partition coefficient (Wildman–Crippen LogP) is 7.62. The fraction of sp³-hybridized carbons (Fsp3) is 0. The van der Waals surface area contributed by atoms with Crippen LogP contribution in [0.3, 0.4) is 0 Å². The van der Waals surface area contributed by atoms with Crippen LogP contribution in [0.15, 0.2) is 52.9 Å². The van der Waals surface area contributed by atoms with Crippen LogP contribution in [0.2, 0.25) is 20.1 Å². The van der Waals surface area contributed by atoms with Crippen molar-refractivity contribution in [3.05, 3.63) is 79.9 Å². The van der Waals surface area contributed by atoms with Gasteiger partial charge in [-0.15, -0.1) is 0 Å². The molecule has 0 aliphatic carbocycles. The van der Waals surface area contributed by atoms with Crippen molar-refractivity contribution in [2.24, 2.45) is 0 Å². The molecule has 1 aromatic heterocycles. The molecule has 124 valence electrons. The van der Waals surface area contributed by atoms with Gasteiger partial charge in [0.2, 0.25) is 0 Å². The molecule has 3 aromatic rings. The smallest absolute Gasteiger partial charge is 0.136 e. The molecule has 0 fully saturated rings. The van der Waals surface area contributed by atoms with Crippen LogP contribution in [0.1, 0.15) is 11.3 Å². The van der Waals surface area contributed by atoms with Gasteiger partial charge in [0, 0.05) is 5.56 Å². The summed E-state index contributed by atoms with van der Waals surface area (Å²) in [5.41, 5.74) is 1.73. The molecule has 25 heavy (non-hydrogen) atoms. The standard InChI is InChI=1S/C19H9Cl4NO/c20-15-6-4-11(9-17(15)22)12(10-24)8-13-5-7-18(25-13)14-2-1-3-16(21)19(14)23/h1-9H/b12-8+. The van der Waals surface area contributed by atoms with Crippen molar-refractivity contribution in [2.45, 2.75) is 0 Å². The van der Waals surface area contributed by atoms with Crippen LogP contribution >= 0.6 is 46.4 Å². The molecule has 0 saturated heterocycles. The number of halogens is 4. The fourth-order valence-corrected chi connectivity index (χ4v) is 2.95. The van der Waals surface area contributed by atoms with Crippen LogP contribution in [0.25, 0.3) is 23.0 Å². The van der Waals surface area contributed by atoms with Crippen molar-refractivity contribution in [1.82, 2.24) is 0 Å². The molecule has 0 bridgehead atoms. The number of allylic oxidation sites excluding steroid dienone is 1. The van der Waals surface area contributed by atoms with Crippen molar-refractivity contribution in [3.63, 3.8) is 0 Å². The third-order valence-corrected chi connectivity index (χ3v) is 5.04. The Morgan fingerprint density at radius 2 is 1.72 bits per heavy atom. The molecule has 0 unspecified atom stereocenters. The zero-order valence-electron chi connectivity index (χ0n) is 12.6. The van der Waals surface area contributed by atoms with Gasteiger partial charge in [-0.3, -0.25) is 0 Å². The average Bonchev–Trinajstić information content (AvgIpc) is 3.06. The number of nitrogens with zero attached hydrogens (tertiary/aromatic N) is 1. The van der Waals surface area contributed by atoms with Crippen molar-refractivity contribution < 1.29 is 4.42 Å². The minimum atomic E-state index is 0.381. The van der Waals surface area contributed by atoms with E-state index in [0.717, 1.165) is 0 Å². The Bertz CT molecular complexity index is 1010. The summed E-state index contributed by atoms with van der Waals surface area (Å²) in [6, 6.07) is 16.0. The summed E-state index contributed by atoms with van der Waals surface area (Å²) < 4.78 is 5.78. The lowest BCUT2D eigenvalue weighted by molar-refractivity contribution is 0.572. The molecule has 0 N–H and O–H groups in total. The maximum absolute atomic E-state index is 9.43. The van der Waals surface area contributed by atoms with Crippen LogP contribution in [0.4, 0.5) is 0 Å². The van der Waals surface area contributed by atoms with Gasteiger partial charge < -0.3 is 4.42 Å². The third kappa shape index (κ3) is 3.86. The van der Waals surface area contributed by atoms with E-state index in [0.29, 0.717) is 48.3 Å². The van der Waals surface area contributed by atoms with E-state index in [1.165, 1.54) is 0 Å². The molecule has 0 radical (unpaired) electrons. The number of benzene rings is 2. The van der Waals surface area contributed by atoms with Gasteiger partial charge in [-0.05, 0) is 48.0 Å². The zero-order valence-corrected chi connectivity index (χ0v) is 15.6. The molecule has 3 rings (SSSR count). The highest BCUT2D eigenvalue weighted by Gasteiger charge is 2.11. The summed E-state index contributed by atoms with van der Waals surface area (Å²) in [6.07, 6.45) is 1.63. The number of furan rings is 1. The molecule has 0 aliphatic rings. The predicted molar refractivity (Wildman–Crippen MR) is 104 cm³/mol. The zero-order chi connectivity index (χ0) is 18.0. The highest BCUT2D eigenvalue weighted by Crippen LogP contribution is 2.35. The van der Waals surface area contributed by atoms with E-state index in [-0.39, 0.29) is 0 Å². The monoisotopic (exact) mass is 407 g/mol. The fourth-order valence-electron chi connectivity index (χ4n) is 2.26. The number of hydrogen-bond acceptors (Lipinski definition) is 2. The van der Waals surface area contributed by atoms with Gasteiger partial charge in [0.1, 0.15) is 11.5 Å². The molecular formula is C19H9Cl4NO. The lowest BCUT2D eigenvalue weighted by Gasteiger charge is -2.02. The molecule has 0 spiro atoms. The van der Waals surface area contributed by atoms with E-state index >= 15 is 0 Å². The topological polar surface area (TPSA) is 36.9 Å². The first kappa shape index (κ1) is 17.9. The van der Waals surface area contributed by atoms with Gasteiger partial charge in [-0.1, -0.05) is 58.5 Å². The SMILES string of the molecule is N#C/C(=C\c1ccc(-c2cccc(Cl)c2Cl)o1)c1ccc(Cl)c(Cl)c1. The maximum Gasteiger partial charge on any atom is 0.136 e. The Morgan fingerprint density at radius 1 is 0.920 bits per heavy atom. The van der Waals surface area contributed by atoms with Crippen molar-refractivity contribution in [2.75, 3.05) is 0 Å². The highest BCUT2D eigenvalue weighted by molar-refractivity contribution is 6.43. The van der Waals surface area contributed by atoms with Gasteiger partial charge in [0.25, 0.3) is 0 Å². The normalized spacial score (nSPS) is 11.4. The first-order valence-electron chi connectivity index (χ1n) is 7.11. The van der Waals surface area contributed by atoms with E-state index in [1.54, 1.807) is 48.5 Å². The Morgan fingerprint density at radius 3 is 2.44 bits per heavy atom. The Hall–Kier alpha value is -1.89. The van der Waals surface area contributed by atoms with Gasteiger partial charge >= 0.3 is 0 Å². The summed E-state index contributed by atoms with van der Waals surface area (Å²) in [5.74, 6) is 1.07. The molecule has 2 nitrogen and oxygen atoms in total. The van der Waals surface area contributed by atoms with Crippen LogP contribution in [-0.2, 0) is 0 Å². The van der Waals surface area contributed by atoms with Gasteiger partial charge in [-0.25, -0.2) is 0 Å². The molecule has 1 heterocycles. The molecule has 0 atom stereocenters. The second-order valence-corrected chi connectivity index (χ2v) is 6.70. The van der Waals surface area contributed by atoms with Crippen molar-refractivity contribution >= 4 is 58.1 Å². The largest absolute Gasteiger partial charge is 0.457 e. The van der Waals surface area contributed by atoms with E-state index in [1.807, 2.05) is 6.07 Å². The second kappa shape index (κ2) is 7.56. The minimum absolute atomic E-state index is 0.381. The highest BCUT2D eigenvalue weighted by atomic mass is 35.5. The lowest BCUT2D eigenvalue weighted by atomic mass is 10.1. The summed E-state index contributed by atoms with van der Waals surface area (Å²) >= 11 is 24.2. The van der Waals surface area contributed by atoms with Crippen LogP contribution in [0, 0.1) is 11.3 Å². The quantitative estimate of drug-likeness (QED) is 0.417. The van der Waals surface area contributed by atoms with E-state index in [4.69, 9.17) is 50.8 Å². The Labute approximate surface area is 164 Å². The van der Waals surface area contributed by atoms with Crippen molar-refractivity contribution in [3.8, 4) is 17.4 Å². The summed E-state index contributed by atoms with van der Waals surface area (Å²) in [4.78, 5) is 0. The number of rotatable bonds is 3. The first-order valence-corrected chi connectivity index (χ1v) is 8.62. The molecule has 0 aliphatic heterocycles. The Kier molecular flexibility index (Phi) is 5.42. The van der Waals surface area contributed by atoms with E-state index < -0.39 is 0 Å². The molecule has 6 heteroatoms. The average molecular weight is 409 g/mol. The summed E-state index contributed by atoms with van der Waals surface area (Å²) in [5, 5.41) is 11.1. The molecular weight excluding hydrogens is 400 g/mol. The maximum atomic E-state index is 9.43. The van der Waals surface area contributed by atoms with Gasteiger partial charge in [-0.2, -0.15) is 5.26 Å². The molecule has 2 aromatic carbocycles. The van der Waals surface area contributed by atoms with Crippen LogP contribution < -0.4 is 0 Å².